The molecule has 0 amide bonds. The average molecular weight is 353 g/mol. The molecule has 3 aromatic rings. The number of halogens is 1. The van der Waals surface area contributed by atoms with Gasteiger partial charge in [0.25, 0.3) is 0 Å². The monoisotopic (exact) mass is 353 g/mol. The number of rotatable bonds is 3. The maximum atomic E-state index is 14.1. The summed E-state index contributed by atoms with van der Waals surface area (Å²) in [6, 6.07) is 5.25. The van der Waals surface area contributed by atoms with E-state index in [2.05, 4.69) is 19.8 Å². The molecule has 2 aromatic heterocycles. The summed E-state index contributed by atoms with van der Waals surface area (Å²) in [6.07, 6.45) is 1.91. The molecule has 6 heteroatoms. The summed E-state index contributed by atoms with van der Waals surface area (Å²) in [7, 11) is 0. The number of aromatic amines is 1. The summed E-state index contributed by atoms with van der Waals surface area (Å²) in [5, 5.41) is 0.611. The molecule has 0 atom stereocenters. The Bertz CT molecular complexity index is 941. The molecule has 0 saturated carbocycles. The number of anilines is 1. The van der Waals surface area contributed by atoms with Crippen molar-refractivity contribution >= 4 is 16.7 Å². The average Bonchev–Trinajstić information content (AvgIpc) is 3.04. The fraction of sp³-hybridized carbons (Fsp3) is 0.400. The van der Waals surface area contributed by atoms with Crippen LogP contribution in [0.5, 0.6) is 0 Å². The molecule has 0 spiro atoms. The molecule has 1 saturated heterocycles. The van der Waals surface area contributed by atoms with Crippen molar-refractivity contribution in [3.8, 4) is 0 Å². The Labute approximate surface area is 152 Å². The van der Waals surface area contributed by atoms with E-state index in [1.54, 1.807) is 6.07 Å². The number of pyridine rings is 1. The first kappa shape index (κ1) is 17.0. The van der Waals surface area contributed by atoms with E-state index >= 15 is 0 Å². The fourth-order valence-corrected chi connectivity index (χ4v) is 3.68. The third kappa shape index (κ3) is 3.17. The minimum atomic E-state index is -0.201. The summed E-state index contributed by atoms with van der Waals surface area (Å²) in [5.74, 6) is 1.73. The number of nitrogens with zero attached hydrogens (tertiary/aromatic N) is 4. The predicted molar refractivity (Wildman–Crippen MR) is 102 cm³/mol. The van der Waals surface area contributed by atoms with Gasteiger partial charge in [-0.2, -0.15) is 0 Å². The Morgan fingerprint density at radius 3 is 2.54 bits per heavy atom. The van der Waals surface area contributed by atoms with Crippen molar-refractivity contribution in [3.05, 3.63) is 52.9 Å². The molecule has 26 heavy (non-hydrogen) atoms. The second-order valence-corrected chi connectivity index (χ2v) is 7.15. The van der Waals surface area contributed by atoms with Gasteiger partial charge >= 0.3 is 0 Å². The zero-order valence-electron chi connectivity index (χ0n) is 15.5. The number of H-pyrrole nitrogens is 1. The van der Waals surface area contributed by atoms with Crippen molar-refractivity contribution < 1.29 is 4.39 Å². The van der Waals surface area contributed by atoms with Crippen LogP contribution < -0.4 is 4.90 Å². The Morgan fingerprint density at radius 1 is 1.08 bits per heavy atom. The summed E-state index contributed by atoms with van der Waals surface area (Å²) in [4.78, 5) is 17.1. The highest BCUT2D eigenvalue weighted by molar-refractivity contribution is 5.85. The minimum Gasteiger partial charge on any atom is -0.354 e. The maximum Gasteiger partial charge on any atom is 0.132 e. The standard InChI is InChI=1S/C20H24FN5/c1-13-4-5-18(21)17-10-14(2)20(24-19(13)17)26-8-6-25(7-9-26)12-16-11-22-15(3)23-16/h4-5,10-11H,6-9,12H2,1-3H3,(H,22,23). The first-order chi connectivity index (χ1) is 12.5. The first-order valence-electron chi connectivity index (χ1n) is 9.05. The highest BCUT2D eigenvalue weighted by Gasteiger charge is 2.21. The van der Waals surface area contributed by atoms with Crippen molar-refractivity contribution in [1.82, 2.24) is 19.9 Å². The van der Waals surface area contributed by atoms with E-state index in [4.69, 9.17) is 4.98 Å². The molecule has 1 aromatic carbocycles. The van der Waals surface area contributed by atoms with Crippen molar-refractivity contribution in [1.29, 1.82) is 0 Å². The molecule has 5 nitrogen and oxygen atoms in total. The zero-order chi connectivity index (χ0) is 18.3. The van der Waals surface area contributed by atoms with Crippen LogP contribution in [0.2, 0.25) is 0 Å². The maximum absolute atomic E-state index is 14.1. The highest BCUT2D eigenvalue weighted by atomic mass is 19.1. The third-order valence-corrected chi connectivity index (χ3v) is 5.12. The second kappa shape index (κ2) is 6.68. The van der Waals surface area contributed by atoms with Gasteiger partial charge in [0.2, 0.25) is 0 Å². The summed E-state index contributed by atoms with van der Waals surface area (Å²) in [6.45, 7) is 10.6. The Morgan fingerprint density at radius 2 is 1.85 bits per heavy atom. The molecule has 136 valence electrons. The lowest BCUT2D eigenvalue weighted by molar-refractivity contribution is 0.247. The van der Waals surface area contributed by atoms with Crippen LogP contribution in [-0.2, 0) is 6.54 Å². The third-order valence-electron chi connectivity index (χ3n) is 5.12. The lowest BCUT2D eigenvalue weighted by Gasteiger charge is -2.36. The molecule has 0 aliphatic carbocycles. The molecule has 1 N–H and O–H groups in total. The van der Waals surface area contributed by atoms with E-state index in [0.29, 0.717) is 5.39 Å². The highest BCUT2D eigenvalue weighted by Crippen LogP contribution is 2.27. The molecule has 4 rings (SSSR count). The van der Waals surface area contributed by atoms with Gasteiger partial charge in [0.05, 0.1) is 5.52 Å². The normalized spacial score (nSPS) is 15.8. The van der Waals surface area contributed by atoms with Crippen LogP contribution in [0.1, 0.15) is 22.6 Å². The molecular weight excluding hydrogens is 329 g/mol. The van der Waals surface area contributed by atoms with Crippen molar-refractivity contribution in [2.75, 3.05) is 31.1 Å². The van der Waals surface area contributed by atoms with Gasteiger partial charge in [-0.15, -0.1) is 0 Å². The Hall–Kier alpha value is -2.47. The molecule has 0 unspecified atom stereocenters. The van der Waals surface area contributed by atoms with Crippen molar-refractivity contribution in [3.63, 3.8) is 0 Å². The number of benzene rings is 1. The van der Waals surface area contributed by atoms with Gasteiger partial charge in [-0.3, -0.25) is 4.90 Å². The SMILES string of the molecule is Cc1ncc(CN2CCN(c3nc4c(C)ccc(F)c4cc3C)CC2)[nH]1. The van der Waals surface area contributed by atoms with E-state index in [0.717, 1.165) is 66.7 Å². The first-order valence-corrected chi connectivity index (χ1v) is 9.05. The molecule has 0 bridgehead atoms. The van der Waals surface area contributed by atoms with Crippen LogP contribution in [0.15, 0.2) is 24.4 Å². The second-order valence-electron chi connectivity index (χ2n) is 7.15. The quantitative estimate of drug-likeness (QED) is 0.784. The van der Waals surface area contributed by atoms with E-state index in [1.165, 1.54) is 6.07 Å². The fourth-order valence-electron chi connectivity index (χ4n) is 3.68. The number of piperazine rings is 1. The molecular formula is C20H24FN5. The van der Waals surface area contributed by atoms with Gasteiger partial charge in [0.15, 0.2) is 0 Å². The molecule has 1 fully saturated rings. The van der Waals surface area contributed by atoms with Crippen LogP contribution in [0.4, 0.5) is 10.2 Å². The van der Waals surface area contributed by atoms with Crippen LogP contribution in [0.25, 0.3) is 10.9 Å². The van der Waals surface area contributed by atoms with Gasteiger partial charge in [0.1, 0.15) is 17.5 Å². The number of aryl methyl sites for hydroxylation is 3. The number of nitrogens with one attached hydrogen (secondary N) is 1. The molecule has 1 aliphatic heterocycles. The van der Waals surface area contributed by atoms with E-state index in [-0.39, 0.29) is 5.82 Å². The van der Waals surface area contributed by atoms with Crippen molar-refractivity contribution in [2.45, 2.75) is 27.3 Å². The van der Waals surface area contributed by atoms with Crippen molar-refractivity contribution in [2.24, 2.45) is 0 Å². The number of imidazole rings is 1. The van der Waals surface area contributed by atoms with E-state index < -0.39 is 0 Å². The zero-order valence-corrected chi connectivity index (χ0v) is 15.5. The lowest BCUT2D eigenvalue weighted by Crippen LogP contribution is -2.46. The molecule has 1 aliphatic rings. The van der Waals surface area contributed by atoms with Crippen LogP contribution in [0, 0.1) is 26.6 Å². The van der Waals surface area contributed by atoms with Gasteiger partial charge in [-0.25, -0.2) is 14.4 Å². The lowest BCUT2D eigenvalue weighted by atomic mass is 10.1. The number of hydrogen-bond acceptors (Lipinski definition) is 4. The topological polar surface area (TPSA) is 48.1 Å². The predicted octanol–water partition coefficient (Wildman–Crippen LogP) is 3.34. The molecule has 3 heterocycles. The smallest absolute Gasteiger partial charge is 0.132 e. The van der Waals surface area contributed by atoms with Gasteiger partial charge in [-0.05, 0) is 44.0 Å². The summed E-state index contributed by atoms with van der Waals surface area (Å²) in [5.41, 5.74) is 3.96. The number of hydrogen-bond donors (Lipinski definition) is 1. The molecule has 0 radical (unpaired) electrons. The van der Waals surface area contributed by atoms with E-state index in [1.807, 2.05) is 33.0 Å². The Kier molecular flexibility index (Phi) is 4.36. The van der Waals surface area contributed by atoms with Crippen LogP contribution in [0.3, 0.4) is 0 Å². The van der Waals surface area contributed by atoms with Crippen LogP contribution in [-0.4, -0.2) is 46.0 Å². The number of fused-ring (bicyclic) bond motifs is 1. The van der Waals surface area contributed by atoms with Gasteiger partial charge in [0, 0.05) is 50.0 Å². The minimum absolute atomic E-state index is 0.201. The summed E-state index contributed by atoms with van der Waals surface area (Å²) < 4.78 is 14.1. The largest absolute Gasteiger partial charge is 0.354 e. The number of aromatic nitrogens is 3. The Balaban J connectivity index is 1.52. The van der Waals surface area contributed by atoms with Gasteiger partial charge in [-0.1, -0.05) is 6.07 Å². The summed E-state index contributed by atoms with van der Waals surface area (Å²) >= 11 is 0. The van der Waals surface area contributed by atoms with Gasteiger partial charge < -0.3 is 9.88 Å². The van der Waals surface area contributed by atoms with Crippen LogP contribution >= 0.6 is 0 Å². The van der Waals surface area contributed by atoms with E-state index in [9.17, 15) is 4.39 Å².